The molecule has 0 unspecified atom stereocenters. The fourth-order valence-electron chi connectivity index (χ4n) is 0.483. The van der Waals surface area contributed by atoms with Crippen LogP contribution < -0.4 is 0 Å². The first kappa shape index (κ1) is 11.3. The van der Waals surface area contributed by atoms with Gasteiger partial charge in [-0.3, -0.25) is 4.18 Å². The quantitative estimate of drug-likeness (QED) is 0.394. The lowest BCUT2D eigenvalue weighted by atomic mass is 10.4. The number of rotatable bonds is 6. The van der Waals surface area contributed by atoms with Gasteiger partial charge in [-0.15, -0.1) is 0 Å². The predicted molar refractivity (Wildman–Crippen MR) is 48.5 cm³/mol. The minimum absolute atomic E-state index is 0.0495. The normalized spacial score (nSPS) is 11.8. The van der Waals surface area contributed by atoms with E-state index in [2.05, 4.69) is 16.8 Å². The van der Waals surface area contributed by atoms with Gasteiger partial charge >= 0.3 is 0 Å². The van der Waals surface area contributed by atoms with Gasteiger partial charge in [-0.2, -0.15) is 21.0 Å². The molecule has 0 saturated heterocycles. The van der Waals surface area contributed by atoms with Crippen LogP contribution in [0.5, 0.6) is 0 Å². The summed E-state index contributed by atoms with van der Waals surface area (Å²) in [7, 11) is -3.22. The van der Waals surface area contributed by atoms with Crippen LogP contribution in [0.1, 0.15) is 19.8 Å². The first-order valence-corrected chi connectivity index (χ1v) is 5.81. The first-order chi connectivity index (χ1) is 5.12. The molecule has 0 aliphatic rings. The van der Waals surface area contributed by atoms with Crippen LogP contribution in [0.4, 0.5) is 0 Å². The summed E-state index contributed by atoms with van der Waals surface area (Å²) in [5.74, 6) is 0.823. The molecule has 5 heteroatoms. The SMILES string of the molecule is CCS(=O)(=O)OCCCCS. The van der Waals surface area contributed by atoms with Gasteiger partial charge in [0.25, 0.3) is 10.1 Å². The summed E-state index contributed by atoms with van der Waals surface area (Å²) in [6.45, 7) is 1.85. The van der Waals surface area contributed by atoms with E-state index < -0.39 is 10.1 Å². The number of hydrogen-bond acceptors (Lipinski definition) is 4. The molecule has 0 amide bonds. The van der Waals surface area contributed by atoms with Crippen LogP contribution in [-0.4, -0.2) is 26.5 Å². The molecule has 0 spiro atoms. The van der Waals surface area contributed by atoms with E-state index in [-0.39, 0.29) is 12.4 Å². The Morgan fingerprint density at radius 3 is 2.45 bits per heavy atom. The highest BCUT2D eigenvalue weighted by molar-refractivity contribution is 7.86. The summed E-state index contributed by atoms with van der Waals surface area (Å²) in [5.41, 5.74) is 0. The van der Waals surface area contributed by atoms with E-state index in [1.54, 1.807) is 6.92 Å². The monoisotopic (exact) mass is 198 g/mol. The highest BCUT2D eigenvalue weighted by Crippen LogP contribution is 1.97. The van der Waals surface area contributed by atoms with Crippen molar-refractivity contribution in [2.75, 3.05) is 18.1 Å². The molecule has 0 atom stereocenters. The van der Waals surface area contributed by atoms with Crippen molar-refractivity contribution in [3.8, 4) is 0 Å². The van der Waals surface area contributed by atoms with E-state index in [1.807, 2.05) is 0 Å². The van der Waals surface area contributed by atoms with Crippen molar-refractivity contribution in [2.24, 2.45) is 0 Å². The zero-order valence-corrected chi connectivity index (χ0v) is 8.33. The summed E-state index contributed by atoms with van der Waals surface area (Å²) < 4.78 is 26.1. The molecule has 0 saturated carbocycles. The van der Waals surface area contributed by atoms with Gasteiger partial charge in [0.05, 0.1) is 12.4 Å². The number of thiol groups is 1. The molecule has 68 valence electrons. The molecule has 0 aliphatic carbocycles. The topological polar surface area (TPSA) is 43.4 Å². The van der Waals surface area contributed by atoms with E-state index in [4.69, 9.17) is 0 Å². The van der Waals surface area contributed by atoms with Crippen molar-refractivity contribution in [3.05, 3.63) is 0 Å². The van der Waals surface area contributed by atoms with E-state index in [1.165, 1.54) is 0 Å². The highest BCUT2D eigenvalue weighted by Gasteiger charge is 2.05. The van der Waals surface area contributed by atoms with Crippen LogP contribution in [0.2, 0.25) is 0 Å². The van der Waals surface area contributed by atoms with Crippen molar-refractivity contribution in [3.63, 3.8) is 0 Å². The summed E-state index contributed by atoms with van der Waals surface area (Å²) in [6, 6.07) is 0. The average Bonchev–Trinajstić information content (AvgIpc) is 1.99. The molecule has 3 nitrogen and oxygen atoms in total. The molecular weight excluding hydrogens is 184 g/mol. The molecule has 0 aromatic carbocycles. The zero-order valence-electron chi connectivity index (χ0n) is 6.62. The Bertz CT molecular complexity index is 174. The molecule has 0 rings (SSSR count). The van der Waals surface area contributed by atoms with Gasteiger partial charge < -0.3 is 0 Å². The molecule has 0 fully saturated rings. The van der Waals surface area contributed by atoms with E-state index in [9.17, 15) is 8.42 Å². The van der Waals surface area contributed by atoms with Gasteiger partial charge in [-0.05, 0) is 25.5 Å². The largest absolute Gasteiger partial charge is 0.270 e. The molecular formula is C6H14O3S2. The van der Waals surface area contributed by atoms with Gasteiger partial charge in [0, 0.05) is 0 Å². The fraction of sp³-hybridized carbons (Fsp3) is 1.00. The average molecular weight is 198 g/mol. The van der Waals surface area contributed by atoms with Crippen LogP contribution >= 0.6 is 12.6 Å². The maximum Gasteiger partial charge on any atom is 0.267 e. The van der Waals surface area contributed by atoms with Gasteiger partial charge in [-0.25, -0.2) is 0 Å². The summed E-state index contributed by atoms with van der Waals surface area (Å²) >= 11 is 3.98. The molecule has 0 heterocycles. The van der Waals surface area contributed by atoms with Crippen molar-refractivity contribution in [2.45, 2.75) is 19.8 Å². The molecule has 0 aromatic rings. The minimum atomic E-state index is -3.22. The minimum Gasteiger partial charge on any atom is -0.270 e. The van der Waals surface area contributed by atoms with Gasteiger partial charge in [0.1, 0.15) is 0 Å². The molecule has 0 aromatic heterocycles. The summed E-state index contributed by atoms with van der Waals surface area (Å²) in [6.07, 6.45) is 1.64. The Balaban J connectivity index is 3.39. The van der Waals surface area contributed by atoms with Crippen LogP contribution in [0.25, 0.3) is 0 Å². The van der Waals surface area contributed by atoms with Crippen molar-refractivity contribution >= 4 is 22.7 Å². The second kappa shape index (κ2) is 5.85. The third-order valence-electron chi connectivity index (χ3n) is 1.17. The van der Waals surface area contributed by atoms with E-state index in [0.717, 1.165) is 18.6 Å². The van der Waals surface area contributed by atoms with Crippen LogP contribution in [0.15, 0.2) is 0 Å². The van der Waals surface area contributed by atoms with Crippen molar-refractivity contribution in [1.82, 2.24) is 0 Å². The molecule has 0 N–H and O–H groups in total. The maximum absolute atomic E-state index is 10.7. The van der Waals surface area contributed by atoms with Crippen LogP contribution in [-0.2, 0) is 14.3 Å². The highest BCUT2D eigenvalue weighted by atomic mass is 32.2. The lowest BCUT2D eigenvalue weighted by Crippen LogP contribution is -2.09. The maximum atomic E-state index is 10.7. The zero-order chi connectivity index (χ0) is 8.74. The molecule has 0 bridgehead atoms. The Morgan fingerprint density at radius 2 is 2.00 bits per heavy atom. The smallest absolute Gasteiger partial charge is 0.267 e. The van der Waals surface area contributed by atoms with E-state index in [0.29, 0.717) is 0 Å². The molecule has 11 heavy (non-hydrogen) atoms. The number of unbranched alkanes of at least 4 members (excludes halogenated alkanes) is 1. The fourth-order valence-corrected chi connectivity index (χ4v) is 1.25. The second-order valence-electron chi connectivity index (χ2n) is 2.10. The van der Waals surface area contributed by atoms with Gasteiger partial charge in [0.15, 0.2) is 0 Å². The summed E-state index contributed by atoms with van der Waals surface area (Å²) in [4.78, 5) is 0. The Morgan fingerprint density at radius 1 is 1.36 bits per heavy atom. The lowest BCUT2D eigenvalue weighted by molar-refractivity contribution is 0.312. The Hall–Kier alpha value is 0.260. The summed E-state index contributed by atoms with van der Waals surface area (Å²) in [5, 5.41) is 0. The first-order valence-electron chi connectivity index (χ1n) is 3.60. The van der Waals surface area contributed by atoms with Gasteiger partial charge in [0.2, 0.25) is 0 Å². The Labute approximate surface area is 73.7 Å². The second-order valence-corrected chi connectivity index (χ2v) is 4.47. The van der Waals surface area contributed by atoms with E-state index >= 15 is 0 Å². The Kier molecular flexibility index (Phi) is 5.99. The van der Waals surface area contributed by atoms with Crippen LogP contribution in [0, 0.1) is 0 Å². The lowest BCUT2D eigenvalue weighted by Gasteiger charge is -2.00. The van der Waals surface area contributed by atoms with Crippen molar-refractivity contribution in [1.29, 1.82) is 0 Å². The third-order valence-corrected chi connectivity index (χ3v) is 2.72. The van der Waals surface area contributed by atoms with Crippen molar-refractivity contribution < 1.29 is 12.6 Å². The van der Waals surface area contributed by atoms with Crippen LogP contribution in [0.3, 0.4) is 0 Å². The number of hydrogen-bond donors (Lipinski definition) is 1. The third kappa shape index (κ3) is 6.65. The molecule has 0 radical (unpaired) electrons. The molecule has 0 aliphatic heterocycles. The standard InChI is InChI=1S/C6H14O3S2/c1-2-11(7,8)9-5-3-4-6-10/h10H,2-6H2,1H3. The van der Waals surface area contributed by atoms with Gasteiger partial charge in [-0.1, -0.05) is 0 Å². The predicted octanol–water partition coefficient (Wildman–Crippen LogP) is 1.06.